The van der Waals surface area contributed by atoms with E-state index in [2.05, 4.69) is 0 Å². The van der Waals surface area contributed by atoms with Gasteiger partial charge in [0.1, 0.15) is 13.2 Å². The van der Waals surface area contributed by atoms with Crippen LogP contribution in [0.2, 0.25) is 0 Å². The number of ether oxygens (including phenoxy) is 2. The first-order valence-corrected chi connectivity index (χ1v) is 13.4. The Morgan fingerprint density at radius 3 is 2.09 bits per heavy atom. The van der Waals surface area contributed by atoms with Crippen LogP contribution in [0.25, 0.3) is 0 Å². The van der Waals surface area contributed by atoms with Crippen LogP contribution < -0.4 is 9.47 Å². The zero-order chi connectivity index (χ0) is 22.3. The van der Waals surface area contributed by atoms with Gasteiger partial charge in [-0.25, -0.2) is 8.42 Å². The summed E-state index contributed by atoms with van der Waals surface area (Å²) in [4.78, 5) is 0.116. The summed E-state index contributed by atoms with van der Waals surface area (Å²) < 4.78 is 67.8. The molecule has 11 heteroatoms. The van der Waals surface area contributed by atoms with E-state index in [0.29, 0.717) is 44.2 Å². The van der Waals surface area contributed by atoms with Gasteiger partial charge in [-0.05, 0) is 29.7 Å². The highest BCUT2D eigenvalue weighted by Crippen LogP contribution is 2.33. The van der Waals surface area contributed by atoms with Crippen molar-refractivity contribution < 1.29 is 26.3 Å². The highest BCUT2D eigenvalue weighted by atomic mass is 32.2. The Hall–Kier alpha value is -2.18. The predicted octanol–water partition coefficient (Wildman–Crippen LogP) is 1.07. The Morgan fingerprint density at radius 1 is 0.688 bits per heavy atom. The number of fused-ring (bicyclic) bond motifs is 2. The summed E-state index contributed by atoms with van der Waals surface area (Å²) in [6.07, 6.45) is 0.674. The fourth-order valence-electron chi connectivity index (χ4n) is 4.30. The molecule has 0 saturated carbocycles. The van der Waals surface area contributed by atoms with Crippen molar-refractivity contribution in [3.05, 3.63) is 53.6 Å². The van der Waals surface area contributed by atoms with Gasteiger partial charge < -0.3 is 9.47 Å². The predicted molar refractivity (Wildman–Crippen MR) is 117 cm³/mol. The van der Waals surface area contributed by atoms with E-state index < -0.39 is 20.2 Å². The maximum absolute atomic E-state index is 13.2. The summed E-state index contributed by atoms with van der Waals surface area (Å²) in [5.41, 5.74) is 2.19. The number of rotatable bonds is 4. The van der Waals surface area contributed by atoms with Crippen LogP contribution in [0, 0.1) is 0 Å². The van der Waals surface area contributed by atoms with Crippen LogP contribution in [0.4, 0.5) is 0 Å². The van der Waals surface area contributed by atoms with E-state index in [1.165, 1.54) is 30.6 Å². The molecule has 32 heavy (non-hydrogen) atoms. The standard InChI is InChI=1S/C21H25N3O6S2/c25-31(26,19-5-6-20-21(15-19)30-14-13-29-20)22-9-11-23(12-10-22)32(27,28)24-8-7-17-3-1-2-4-18(17)16-24/h1-6,15H,7-14,16H2. The summed E-state index contributed by atoms with van der Waals surface area (Å²) in [6.45, 7) is 1.99. The summed E-state index contributed by atoms with van der Waals surface area (Å²) in [7, 11) is -7.43. The molecule has 0 amide bonds. The summed E-state index contributed by atoms with van der Waals surface area (Å²) in [6, 6.07) is 12.4. The minimum Gasteiger partial charge on any atom is -0.486 e. The minimum atomic E-state index is -3.77. The molecule has 172 valence electrons. The van der Waals surface area contributed by atoms with Crippen molar-refractivity contribution in [3.63, 3.8) is 0 Å². The van der Waals surface area contributed by atoms with Crippen molar-refractivity contribution in [2.24, 2.45) is 0 Å². The van der Waals surface area contributed by atoms with E-state index in [4.69, 9.17) is 9.47 Å². The Kier molecular flexibility index (Phi) is 5.62. The number of piperazine rings is 1. The van der Waals surface area contributed by atoms with E-state index in [-0.39, 0.29) is 31.1 Å². The molecule has 2 aromatic rings. The lowest BCUT2D eigenvalue weighted by Gasteiger charge is -2.37. The second-order valence-corrected chi connectivity index (χ2v) is 11.8. The molecule has 0 atom stereocenters. The van der Waals surface area contributed by atoms with E-state index in [1.807, 2.05) is 24.3 Å². The normalized spacial score (nSPS) is 20.6. The van der Waals surface area contributed by atoms with E-state index >= 15 is 0 Å². The molecule has 0 N–H and O–H groups in total. The van der Waals surface area contributed by atoms with Crippen molar-refractivity contribution in [2.45, 2.75) is 17.9 Å². The maximum atomic E-state index is 13.2. The van der Waals surface area contributed by atoms with Crippen molar-refractivity contribution in [1.82, 2.24) is 12.9 Å². The molecule has 0 aromatic heterocycles. The fraction of sp³-hybridized carbons (Fsp3) is 0.429. The third kappa shape index (κ3) is 3.88. The molecule has 1 saturated heterocycles. The Morgan fingerprint density at radius 2 is 1.34 bits per heavy atom. The van der Waals surface area contributed by atoms with Crippen molar-refractivity contribution in [1.29, 1.82) is 0 Å². The van der Waals surface area contributed by atoms with Gasteiger partial charge in [-0.15, -0.1) is 0 Å². The number of sulfonamides is 1. The summed E-state index contributed by atoms with van der Waals surface area (Å²) >= 11 is 0. The van der Waals surface area contributed by atoms with Crippen LogP contribution in [0.15, 0.2) is 47.4 Å². The minimum absolute atomic E-state index is 0.0977. The van der Waals surface area contributed by atoms with Gasteiger partial charge in [0.15, 0.2) is 11.5 Å². The average molecular weight is 480 g/mol. The maximum Gasteiger partial charge on any atom is 0.282 e. The van der Waals surface area contributed by atoms with E-state index in [1.54, 1.807) is 6.07 Å². The average Bonchev–Trinajstić information content (AvgIpc) is 2.83. The molecule has 0 unspecified atom stereocenters. The summed E-state index contributed by atoms with van der Waals surface area (Å²) in [5.74, 6) is 0.929. The van der Waals surface area contributed by atoms with E-state index in [9.17, 15) is 16.8 Å². The van der Waals surface area contributed by atoms with Gasteiger partial charge in [0, 0.05) is 45.3 Å². The molecule has 3 heterocycles. The molecule has 0 bridgehead atoms. The highest BCUT2D eigenvalue weighted by molar-refractivity contribution is 7.89. The Labute approximate surface area is 188 Å². The number of nitrogens with zero attached hydrogens (tertiary/aromatic N) is 3. The first-order chi connectivity index (χ1) is 15.4. The van der Waals surface area contributed by atoms with Crippen LogP contribution in [0.5, 0.6) is 11.5 Å². The van der Waals surface area contributed by atoms with Crippen molar-refractivity contribution in [2.75, 3.05) is 45.9 Å². The van der Waals surface area contributed by atoms with Gasteiger partial charge in [0.2, 0.25) is 10.0 Å². The fourth-order valence-corrected chi connectivity index (χ4v) is 7.32. The van der Waals surface area contributed by atoms with Gasteiger partial charge in [-0.1, -0.05) is 24.3 Å². The monoisotopic (exact) mass is 479 g/mol. The molecular formula is C21H25N3O6S2. The third-order valence-electron chi connectivity index (χ3n) is 6.10. The van der Waals surface area contributed by atoms with Crippen LogP contribution >= 0.6 is 0 Å². The molecule has 3 aliphatic heterocycles. The third-order valence-corrected chi connectivity index (χ3v) is 9.97. The van der Waals surface area contributed by atoms with Gasteiger partial charge >= 0.3 is 0 Å². The molecule has 1 fully saturated rings. The lowest BCUT2D eigenvalue weighted by Crippen LogP contribution is -2.54. The van der Waals surface area contributed by atoms with Crippen molar-refractivity contribution >= 4 is 20.2 Å². The van der Waals surface area contributed by atoms with Gasteiger partial charge in [0.05, 0.1) is 4.90 Å². The first kappa shape index (κ1) is 21.7. The van der Waals surface area contributed by atoms with Crippen LogP contribution in [-0.2, 0) is 33.2 Å². The second kappa shape index (κ2) is 8.31. The quantitative estimate of drug-likeness (QED) is 0.651. The molecule has 0 spiro atoms. The number of benzene rings is 2. The Bertz CT molecular complexity index is 1220. The number of hydrogen-bond donors (Lipinski definition) is 0. The highest BCUT2D eigenvalue weighted by Gasteiger charge is 2.37. The lowest BCUT2D eigenvalue weighted by atomic mass is 10.0. The topological polar surface area (TPSA) is 96.5 Å². The second-order valence-electron chi connectivity index (χ2n) is 7.97. The molecule has 3 aliphatic rings. The van der Waals surface area contributed by atoms with Crippen LogP contribution in [-0.4, -0.2) is 75.7 Å². The van der Waals surface area contributed by atoms with E-state index in [0.717, 1.165) is 5.56 Å². The lowest BCUT2D eigenvalue weighted by molar-refractivity contribution is 0.171. The molecular weight excluding hydrogens is 454 g/mol. The van der Waals surface area contributed by atoms with Gasteiger partial charge in [-0.2, -0.15) is 21.3 Å². The molecule has 9 nitrogen and oxygen atoms in total. The number of hydrogen-bond acceptors (Lipinski definition) is 6. The molecule has 0 radical (unpaired) electrons. The van der Waals surface area contributed by atoms with Gasteiger partial charge in [-0.3, -0.25) is 0 Å². The Balaban J connectivity index is 1.27. The van der Waals surface area contributed by atoms with Crippen LogP contribution in [0.1, 0.15) is 11.1 Å². The summed E-state index contributed by atoms with van der Waals surface area (Å²) in [5, 5.41) is 0. The zero-order valence-electron chi connectivity index (χ0n) is 17.5. The largest absolute Gasteiger partial charge is 0.486 e. The smallest absolute Gasteiger partial charge is 0.282 e. The SMILES string of the molecule is O=S(=O)(c1ccc2c(c1)OCCO2)N1CCN(S(=O)(=O)N2CCc3ccccc3C2)CC1. The van der Waals surface area contributed by atoms with Gasteiger partial charge in [0.25, 0.3) is 10.2 Å². The van der Waals surface area contributed by atoms with Crippen LogP contribution in [0.3, 0.4) is 0 Å². The molecule has 5 rings (SSSR count). The molecule has 0 aliphatic carbocycles. The zero-order valence-corrected chi connectivity index (χ0v) is 19.1. The molecule has 2 aromatic carbocycles. The first-order valence-electron chi connectivity index (χ1n) is 10.6. The van der Waals surface area contributed by atoms with Crippen molar-refractivity contribution in [3.8, 4) is 11.5 Å².